The molecule has 5 nitrogen and oxygen atoms in total. The van der Waals surface area contributed by atoms with Crippen LogP contribution in [0.15, 0.2) is 22.7 Å². The van der Waals surface area contributed by atoms with Gasteiger partial charge in [-0.15, -0.1) is 0 Å². The van der Waals surface area contributed by atoms with Crippen LogP contribution in [0.1, 0.15) is 56.6 Å². The number of esters is 1. The number of carbonyl (C=O) groups excluding carboxylic acids is 1. The highest BCUT2D eigenvalue weighted by Crippen LogP contribution is 2.38. The molecule has 3 rings (SSSR count). The second-order valence-electron chi connectivity index (χ2n) is 8.38. The number of aromatic nitrogens is 1. The van der Waals surface area contributed by atoms with Crippen LogP contribution < -0.4 is 4.74 Å². The Hall–Kier alpha value is -1.92. The predicted octanol–water partition coefficient (Wildman–Crippen LogP) is 5.34. The van der Waals surface area contributed by atoms with E-state index < -0.39 is 5.60 Å². The van der Waals surface area contributed by atoms with Crippen LogP contribution >= 0.6 is 15.9 Å². The zero-order chi connectivity index (χ0) is 22.5. The Balaban J connectivity index is 0.000000575. The molecule has 0 saturated carbocycles. The third-order valence-electron chi connectivity index (χ3n) is 4.43. The summed E-state index contributed by atoms with van der Waals surface area (Å²) in [5, 5.41) is 8.52. The maximum atomic E-state index is 12.1. The van der Waals surface area contributed by atoms with Gasteiger partial charge >= 0.3 is 5.97 Å². The van der Waals surface area contributed by atoms with Gasteiger partial charge in [0.15, 0.2) is 0 Å². The molecule has 0 unspecified atom stereocenters. The predicted molar refractivity (Wildman–Crippen MR) is 123 cm³/mol. The summed E-state index contributed by atoms with van der Waals surface area (Å²) >= 11 is 3.68. The summed E-state index contributed by atoms with van der Waals surface area (Å²) in [5.41, 5.74) is 5.49. The highest BCUT2D eigenvalue weighted by molar-refractivity contribution is 9.10. The van der Waals surface area contributed by atoms with Gasteiger partial charge in [-0.3, -0.25) is 9.78 Å². The minimum Gasteiger partial charge on any atom is -0.493 e. The molecule has 6 heteroatoms. The second kappa shape index (κ2) is 10.4. The van der Waals surface area contributed by atoms with Crippen molar-refractivity contribution in [1.82, 2.24) is 4.98 Å². The molecule has 0 saturated heterocycles. The highest BCUT2D eigenvalue weighted by atomic mass is 79.9. The topological polar surface area (TPSA) is 68.7 Å². The van der Waals surface area contributed by atoms with Gasteiger partial charge in [-0.05, 0) is 99.1 Å². The molecule has 1 N–H and O–H groups in total. The van der Waals surface area contributed by atoms with E-state index in [1.807, 2.05) is 26.8 Å². The number of ether oxygens (including phenoxy) is 2. The van der Waals surface area contributed by atoms with Gasteiger partial charge < -0.3 is 14.6 Å². The summed E-state index contributed by atoms with van der Waals surface area (Å²) in [7, 11) is 0. The Bertz CT molecular complexity index is 897. The van der Waals surface area contributed by atoms with Gasteiger partial charge in [0.1, 0.15) is 5.75 Å². The van der Waals surface area contributed by atoms with Crippen molar-refractivity contribution in [2.45, 2.75) is 66.4 Å². The normalized spacial score (nSPS) is 12.9. The molecule has 30 heavy (non-hydrogen) atoms. The molecule has 0 radical (unpaired) electrons. The summed E-state index contributed by atoms with van der Waals surface area (Å²) in [4.78, 5) is 16.7. The first-order chi connectivity index (χ1) is 14.0. The lowest BCUT2D eigenvalue weighted by atomic mass is 9.93. The third kappa shape index (κ3) is 6.81. The smallest absolute Gasteiger partial charge is 0.310 e. The summed E-state index contributed by atoms with van der Waals surface area (Å²) in [6.45, 7) is 12.1. The first-order valence-electron chi connectivity index (χ1n) is 10.3. The summed E-state index contributed by atoms with van der Waals surface area (Å²) in [5.74, 6) is 0.728. The maximum absolute atomic E-state index is 12.1. The fraction of sp³-hybridized carbons (Fsp3) is 0.500. The summed E-state index contributed by atoms with van der Waals surface area (Å²) in [6, 6.07) is 6.25. The molecule has 2 aromatic rings. The van der Waals surface area contributed by atoms with Crippen molar-refractivity contribution < 1.29 is 19.4 Å². The van der Waals surface area contributed by atoms with Gasteiger partial charge in [-0.1, -0.05) is 6.07 Å². The van der Waals surface area contributed by atoms with E-state index >= 15 is 0 Å². The number of fused-ring (bicyclic) bond motifs is 1. The van der Waals surface area contributed by atoms with Gasteiger partial charge in [-0.25, -0.2) is 0 Å². The van der Waals surface area contributed by atoms with Crippen LogP contribution in [0.4, 0.5) is 0 Å². The van der Waals surface area contributed by atoms with Gasteiger partial charge in [0.2, 0.25) is 0 Å². The van der Waals surface area contributed by atoms with Crippen molar-refractivity contribution >= 4 is 21.9 Å². The number of aliphatic hydroxyl groups is 1. The molecule has 0 fully saturated rings. The van der Waals surface area contributed by atoms with Crippen LogP contribution in [-0.4, -0.2) is 34.9 Å². The molecule has 0 bridgehead atoms. The molecular weight excluding hydrogens is 446 g/mol. The summed E-state index contributed by atoms with van der Waals surface area (Å²) in [6.07, 6.45) is 2.26. The van der Waals surface area contributed by atoms with Crippen molar-refractivity contribution in [1.29, 1.82) is 0 Å². The third-order valence-corrected chi connectivity index (χ3v) is 5.41. The molecule has 0 amide bonds. The average Bonchev–Trinajstić information content (AvgIpc) is 2.65. The minimum atomic E-state index is -0.500. The molecule has 0 atom stereocenters. The molecule has 1 aromatic heterocycles. The molecule has 164 valence electrons. The van der Waals surface area contributed by atoms with E-state index in [4.69, 9.17) is 14.6 Å². The molecule has 1 aliphatic rings. The number of benzene rings is 1. The Kier molecular flexibility index (Phi) is 8.44. The number of halogens is 1. The first-order valence-corrected chi connectivity index (χ1v) is 11.1. The number of pyridine rings is 1. The fourth-order valence-corrected chi connectivity index (χ4v) is 3.81. The number of aryl methyl sites for hydroxylation is 3. The van der Waals surface area contributed by atoms with Crippen LogP contribution in [0.5, 0.6) is 5.75 Å². The maximum Gasteiger partial charge on any atom is 0.310 e. The Labute approximate surface area is 188 Å². The summed E-state index contributed by atoms with van der Waals surface area (Å²) < 4.78 is 11.8. The quantitative estimate of drug-likeness (QED) is 0.602. The van der Waals surface area contributed by atoms with E-state index in [2.05, 4.69) is 33.0 Å². The molecule has 0 spiro atoms. The highest BCUT2D eigenvalue weighted by Gasteiger charge is 2.20. The van der Waals surface area contributed by atoms with Gasteiger partial charge in [0.25, 0.3) is 0 Å². The van der Waals surface area contributed by atoms with Crippen LogP contribution in [-0.2, 0) is 22.4 Å². The van der Waals surface area contributed by atoms with Crippen molar-refractivity contribution in [2.24, 2.45) is 0 Å². The van der Waals surface area contributed by atoms with E-state index in [1.165, 1.54) is 5.56 Å². The van der Waals surface area contributed by atoms with E-state index in [0.717, 1.165) is 57.7 Å². The monoisotopic (exact) mass is 477 g/mol. The molecule has 1 aromatic carbocycles. The Morgan fingerprint density at radius 3 is 2.57 bits per heavy atom. The van der Waals surface area contributed by atoms with Gasteiger partial charge in [0.05, 0.1) is 30.9 Å². The van der Waals surface area contributed by atoms with Crippen LogP contribution in [0.3, 0.4) is 0 Å². The van der Waals surface area contributed by atoms with Crippen molar-refractivity contribution in [3.05, 3.63) is 45.2 Å². The number of hydrogen-bond acceptors (Lipinski definition) is 5. The van der Waals surface area contributed by atoms with E-state index in [1.54, 1.807) is 20.8 Å². The van der Waals surface area contributed by atoms with E-state index in [9.17, 15) is 4.79 Å². The van der Waals surface area contributed by atoms with Crippen LogP contribution in [0, 0.1) is 13.8 Å². The standard InChI is InChI=1S/C20H22BrNO3.C4H10O/c1-4-24-18(23)11-16-12(2)22-13(3)20(21)19(16)15-7-8-17-14(10-15)6-5-9-25-17;1-4(2,3)5/h7-8,10H,4-6,9,11H2,1-3H3;5H,1-3H3. The SMILES string of the molecule is CC(C)(C)O.CCOC(=O)Cc1c(C)nc(C)c(Br)c1-c1ccc2c(c1)CCCO2. The number of rotatable bonds is 4. The van der Waals surface area contributed by atoms with Crippen molar-refractivity contribution in [3.63, 3.8) is 0 Å². The molecule has 2 heterocycles. The van der Waals surface area contributed by atoms with Crippen molar-refractivity contribution in [3.8, 4) is 16.9 Å². The number of hydrogen-bond donors (Lipinski definition) is 1. The largest absolute Gasteiger partial charge is 0.493 e. The Morgan fingerprint density at radius 2 is 1.93 bits per heavy atom. The first kappa shape index (κ1) is 24.4. The van der Waals surface area contributed by atoms with E-state index in [-0.39, 0.29) is 12.4 Å². The number of carbonyl (C=O) groups is 1. The average molecular weight is 478 g/mol. The fourth-order valence-electron chi connectivity index (χ4n) is 3.25. The molecular formula is C24H32BrNO4. The second-order valence-corrected chi connectivity index (χ2v) is 9.17. The van der Waals surface area contributed by atoms with Gasteiger partial charge in [-0.2, -0.15) is 0 Å². The van der Waals surface area contributed by atoms with Gasteiger partial charge in [0, 0.05) is 15.7 Å². The Morgan fingerprint density at radius 1 is 1.27 bits per heavy atom. The lowest BCUT2D eigenvalue weighted by Gasteiger charge is -2.20. The lowest BCUT2D eigenvalue weighted by Crippen LogP contribution is -2.12. The lowest BCUT2D eigenvalue weighted by molar-refractivity contribution is -0.142. The number of nitrogens with zero attached hydrogens (tertiary/aromatic N) is 1. The van der Waals surface area contributed by atoms with Crippen LogP contribution in [0.2, 0.25) is 0 Å². The van der Waals surface area contributed by atoms with Crippen LogP contribution in [0.25, 0.3) is 11.1 Å². The van der Waals surface area contributed by atoms with Crippen molar-refractivity contribution in [2.75, 3.05) is 13.2 Å². The van der Waals surface area contributed by atoms with E-state index in [0.29, 0.717) is 6.61 Å². The zero-order valence-corrected chi connectivity index (χ0v) is 20.4. The minimum absolute atomic E-state index is 0.217. The molecule has 1 aliphatic heterocycles. The molecule has 0 aliphatic carbocycles. The zero-order valence-electron chi connectivity index (χ0n) is 18.8.